The second-order valence-corrected chi connectivity index (χ2v) is 9.88. The molecule has 1 aliphatic heterocycles. The van der Waals surface area contributed by atoms with E-state index in [0.717, 1.165) is 68.7 Å². The molecule has 0 bridgehead atoms. The van der Waals surface area contributed by atoms with Crippen LogP contribution in [0.5, 0.6) is 0 Å². The van der Waals surface area contributed by atoms with E-state index in [4.69, 9.17) is 5.73 Å². The maximum absolute atomic E-state index is 13.0. The highest BCUT2D eigenvalue weighted by atomic mass is 19.4. The molecule has 2 aromatic heterocycles. The Balaban J connectivity index is 1.32. The first-order valence-corrected chi connectivity index (χ1v) is 12.3. The third-order valence-electron chi connectivity index (χ3n) is 7.34. The summed E-state index contributed by atoms with van der Waals surface area (Å²) < 4.78 is 40.9. The number of nitrogens with two attached hydrogens (primary N) is 1. The zero-order chi connectivity index (χ0) is 25.4. The molecule has 192 valence electrons. The van der Waals surface area contributed by atoms with E-state index < -0.39 is 11.7 Å². The molecule has 5 rings (SSSR count). The molecule has 2 aliphatic rings. The Kier molecular flexibility index (Phi) is 6.59. The van der Waals surface area contributed by atoms with Gasteiger partial charge in [-0.2, -0.15) is 13.2 Å². The fourth-order valence-corrected chi connectivity index (χ4v) is 4.95. The number of rotatable bonds is 8. The molecule has 1 aliphatic carbocycles. The molecule has 0 radical (unpaired) electrons. The Hall–Kier alpha value is -3.21. The smallest absolute Gasteiger partial charge is 0.368 e. The molecule has 36 heavy (non-hydrogen) atoms. The number of benzene rings is 1. The number of piperidine rings is 1. The average Bonchev–Trinajstić information content (AvgIpc) is 3.62. The molecule has 0 spiro atoms. The maximum Gasteiger partial charge on any atom is 0.416 e. The van der Waals surface area contributed by atoms with Gasteiger partial charge in [-0.3, -0.25) is 9.69 Å². The number of carbonyl (C=O) groups is 1. The van der Waals surface area contributed by atoms with Gasteiger partial charge in [-0.05, 0) is 69.3 Å². The van der Waals surface area contributed by atoms with Crippen LogP contribution in [0.1, 0.15) is 43.7 Å². The summed E-state index contributed by atoms with van der Waals surface area (Å²) in [6, 6.07) is 5.34. The Bertz CT molecular complexity index is 1210. The largest absolute Gasteiger partial charge is 0.416 e. The summed E-state index contributed by atoms with van der Waals surface area (Å²) >= 11 is 0. The summed E-state index contributed by atoms with van der Waals surface area (Å²) in [5, 5.41) is 0. The van der Waals surface area contributed by atoms with Crippen molar-refractivity contribution in [3.63, 3.8) is 0 Å². The van der Waals surface area contributed by atoms with Crippen LogP contribution in [0.2, 0.25) is 0 Å². The summed E-state index contributed by atoms with van der Waals surface area (Å²) in [6.45, 7) is 4.72. The van der Waals surface area contributed by atoms with Gasteiger partial charge in [0.2, 0.25) is 5.91 Å². The number of aromatic nitrogens is 4. The van der Waals surface area contributed by atoms with Crippen LogP contribution >= 0.6 is 0 Å². The second kappa shape index (κ2) is 9.68. The van der Waals surface area contributed by atoms with Crippen molar-refractivity contribution in [3.05, 3.63) is 48.0 Å². The number of primary amides is 1. The van der Waals surface area contributed by atoms with Gasteiger partial charge in [0.1, 0.15) is 6.33 Å². The van der Waals surface area contributed by atoms with Crippen molar-refractivity contribution in [1.29, 1.82) is 0 Å². The molecule has 8 nitrogen and oxygen atoms in total. The molecule has 2 fully saturated rings. The number of carbonyl (C=O) groups excluding carboxylic acids is 1. The van der Waals surface area contributed by atoms with E-state index in [1.165, 1.54) is 18.5 Å². The molecular weight excluding hydrogens is 471 g/mol. The van der Waals surface area contributed by atoms with Crippen molar-refractivity contribution in [1.82, 2.24) is 24.4 Å². The zero-order valence-electron chi connectivity index (χ0n) is 20.2. The highest BCUT2D eigenvalue weighted by molar-refractivity contribution is 5.83. The van der Waals surface area contributed by atoms with Crippen molar-refractivity contribution < 1.29 is 18.0 Å². The number of alkyl halides is 3. The first-order chi connectivity index (χ1) is 17.2. The predicted octanol–water partition coefficient (Wildman–Crippen LogP) is 3.60. The summed E-state index contributed by atoms with van der Waals surface area (Å²) in [6.07, 6.45) is 2.91. The van der Waals surface area contributed by atoms with Gasteiger partial charge in [0.25, 0.3) is 0 Å². The van der Waals surface area contributed by atoms with Gasteiger partial charge in [0.05, 0.1) is 17.9 Å². The highest BCUT2D eigenvalue weighted by Gasteiger charge is 2.33. The van der Waals surface area contributed by atoms with Crippen molar-refractivity contribution in [2.75, 3.05) is 18.0 Å². The van der Waals surface area contributed by atoms with Gasteiger partial charge < -0.3 is 15.2 Å². The van der Waals surface area contributed by atoms with Crippen LogP contribution in [0.25, 0.3) is 11.2 Å². The number of halogens is 3. The SMILES string of the molecule is CC(C(N)=O)N1CCC(Cn2cnc3c(N(Cc4ccc(C(F)(F)F)cc4)C4CC4)ncnc32)CC1. The van der Waals surface area contributed by atoms with Crippen LogP contribution in [-0.2, 0) is 24.1 Å². The minimum atomic E-state index is -4.35. The number of fused-ring (bicyclic) bond motifs is 1. The van der Waals surface area contributed by atoms with Crippen LogP contribution in [0, 0.1) is 5.92 Å². The minimum Gasteiger partial charge on any atom is -0.368 e. The Morgan fingerprint density at radius 1 is 1.11 bits per heavy atom. The van der Waals surface area contributed by atoms with Crippen LogP contribution in [0.3, 0.4) is 0 Å². The van der Waals surface area contributed by atoms with Crippen LogP contribution < -0.4 is 10.6 Å². The highest BCUT2D eigenvalue weighted by Crippen LogP contribution is 2.36. The van der Waals surface area contributed by atoms with Crippen molar-refractivity contribution >= 4 is 22.9 Å². The van der Waals surface area contributed by atoms with E-state index in [2.05, 4.69) is 29.3 Å². The summed E-state index contributed by atoms with van der Waals surface area (Å²) in [4.78, 5) is 29.4. The van der Waals surface area contributed by atoms with Gasteiger partial charge in [-0.25, -0.2) is 15.0 Å². The third kappa shape index (κ3) is 5.16. The van der Waals surface area contributed by atoms with Gasteiger partial charge >= 0.3 is 6.18 Å². The Labute approximate surface area is 207 Å². The third-order valence-corrected chi connectivity index (χ3v) is 7.34. The standard InChI is InChI=1S/C25H30F3N7O/c1-16(22(29)36)33-10-8-18(9-11-33)12-34-15-32-21-23(34)30-14-31-24(21)35(20-6-7-20)13-17-2-4-19(5-3-17)25(26,27)28/h2-5,14-16,18,20H,6-13H2,1H3,(H2,29,36). The fraction of sp³-hybridized carbons (Fsp3) is 0.520. The average molecular weight is 502 g/mol. The number of nitrogens with zero attached hydrogens (tertiary/aromatic N) is 6. The molecular formula is C25H30F3N7O. The lowest BCUT2D eigenvalue weighted by molar-refractivity contribution is -0.137. The van der Waals surface area contributed by atoms with Crippen molar-refractivity contribution in [2.24, 2.45) is 11.7 Å². The molecule has 3 aromatic rings. The molecule has 2 N–H and O–H groups in total. The molecule has 1 aromatic carbocycles. The van der Waals surface area contributed by atoms with Crippen LogP contribution in [-0.4, -0.2) is 55.5 Å². The van der Waals surface area contributed by atoms with Gasteiger partial charge in [-0.1, -0.05) is 12.1 Å². The molecule has 1 atom stereocenters. The van der Waals surface area contributed by atoms with Gasteiger partial charge in [0.15, 0.2) is 17.0 Å². The van der Waals surface area contributed by atoms with E-state index in [0.29, 0.717) is 23.8 Å². The quantitative estimate of drug-likeness (QED) is 0.507. The van der Waals surface area contributed by atoms with E-state index in [1.54, 1.807) is 6.33 Å². The second-order valence-electron chi connectivity index (χ2n) is 9.88. The van der Waals surface area contributed by atoms with Gasteiger partial charge in [-0.15, -0.1) is 0 Å². The lowest BCUT2D eigenvalue weighted by Crippen LogP contribution is -2.46. The fourth-order valence-electron chi connectivity index (χ4n) is 4.95. The summed E-state index contributed by atoms with van der Waals surface area (Å²) in [7, 11) is 0. The predicted molar refractivity (Wildman–Crippen MR) is 129 cm³/mol. The summed E-state index contributed by atoms with van der Waals surface area (Å²) in [5.41, 5.74) is 7.05. The number of likely N-dealkylation sites (tertiary alicyclic amines) is 1. The van der Waals surface area contributed by atoms with Crippen LogP contribution in [0.15, 0.2) is 36.9 Å². The van der Waals surface area contributed by atoms with Crippen LogP contribution in [0.4, 0.5) is 19.0 Å². The molecule has 1 saturated carbocycles. The lowest BCUT2D eigenvalue weighted by Gasteiger charge is -2.34. The molecule has 1 unspecified atom stereocenters. The summed E-state index contributed by atoms with van der Waals surface area (Å²) in [5.74, 6) is 0.852. The number of hydrogen-bond donors (Lipinski definition) is 1. The zero-order valence-corrected chi connectivity index (χ0v) is 20.2. The molecule has 11 heteroatoms. The minimum absolute atomic E-state index is 0.256. The normalized spacial score (nSPS) is 18.4. The molecule has 1 saturated heterocycles. The van der Waals surface area contributed by atoms with E-state index >= 15 is 0 Å². The first kappa shape index (κ1) is 24.5. The Morgan fingerprint density at radius 3 is 2.42 bits per heavy atom. The Morgan fingerprint density at radius 2 is 1.81 bits per heavy atom. The molecule has 3 heterocycles. The monoisotopic (exact) mass is 501 g/mol. The van der Waals surface area contributed by atoms with E-state index in [-0.39, 0.29) is 18.0 Å². The number of amides is 1. The van der Waals surface area contributed by atoms with E-state index in [9.17, 15) is 18.0 Å². The number of imidazole rings is 1. The number of hydrogen-bond acceptors (Lipinski definition) is 6. The van der Waals surface area contributed by atoms with Crippen molar-refractivity contribution in [2.45, 2.75) is 64.0 Å². The first-order valence-electron chi connectivity index (χ1n) is 12.3. The molecule has 1 amide bonds. The van der Waals surface area contributed by atoms with Crippen molar-refractivity contribution in [3.8, 4) is 0 Å². The van der Waals surface area contributed by atoms with E-state index in [1.807, 2.05) is 6.92 Å². The number of anilines is 1. The maximum atomic E-state index is 13.0. The lowest BCUT2D eigenvalue weighted by atomic mass is 9.95. The van der Waals surface area contributed by atoms with Gasteiger partial charge in [0, 0.05) is 19.1 Å². The topological polar surface area (TPSA) is 93.2 Å².